The van der Waals surface area contributed by atoms with Gasteiger partial charge in [0.1, 0.15) is 0 Å². The van der Waals surface area contributed by atoms with E-state index in [0.717, 1.165) is 25.7 Å². The summed E-state index contributed by atoms with van der Waals surface area (Å²) in [6.07, 6.45) is 9.31. The van der Waals surface area contributed by atoms with Crippen LogP contribution in [0.1, 0.15) is 58.3 Å². The first-order chi connectivity index (χ1) is 8.16. The number of rotatable bonds is 2. The van der Waals surface area contributed by atoms with Crippen molar-refractivity contribution < 1.29 is 4.79 Å². The monoisotopic (exact) mass is 238 g/mol. The second-order valence-electron chi connectivity index (χ2n) is 6.03. The molecule has 0 saturated heterocycles. The van der Waals surface area contributed by atoms with Crippen molar-refractivity contribution in [2.24, 2.45) is 17.6 Å². The molecule has 0 aromatic carbocycles. The Morgan fingerprint density at radius 1 is 1.12 bits per heavy atom. The lowest BCUT2D eigenvalue weighted by atomic mass is 9.78. The summed E-state index contributed by atoms with van der Waals surface area (Å²) in [5.41, 5.74) is 6.09. The van der Waals surface area contributed by atoms with Crippen LogP contribution in [0.4, 0.5) is 0 Å². The average Bonchev–Trinajstić information content (AvgIpc) is 2.33. The van der Waals surface area contributed by atoms with Crippen LogP contribution in [-0.4, -0.2) is 18.0 Å². The number of carbonyl (C=O) groups excluding carboxylic acids is 1. The maximum absolute atomic E-state index is 12.2. The van der Waals surface area contributed by atoms with Gasteiger partial charge < -0.3 is 11.1 Å². The van der Waals surface area contributed by atoms with Crippen LogP contribution in [0.15, 0.2) is 0 Å². The molecule has 0 radical (unpaired) electrons. The van der Waals surface area contributed by atoms with E-state index in [1.54, 1.807) is 0 Å². The largest absolute Gasteiger partial charge is 0.353 e. The number of hydrogen-bond acceptors (Lipinski definition) is 2. The van der Waals surface area contributed by atoms with E-state index in [0.29, 0.717) is 12.0 Å². The summed E-state index contributed by atoms with van der Waals surface area (Å²) in [5.74, 6) is 0.925. The summed E-state index contributed by atoms with van der Waals surface area (Å²) in [7, 11) is 0. The third kappa shape index (κ3) is 3.44. The molecule has 3 heteroatoms. The number of carbonyl (C=O) groups is 1. The fraction of sp³-hybridized carbons (Fsp3) is 0.929. The van der Waals surface area contributed by atoms with Crippen LogP contribution in [0, 0.1) is 11.8 Å². The smallest absolute Gasteiger partial charge is 0.224 e. The van der Waals surface area contributed by atoms with Gasteiger partial charge in [-0.05, 0) is 38.0 Å². The first-order valence-electron chi connectivity index (χ1n) is 7.22. The molecule has 98 valence electrons. The molecular formula is C14H26N2O. The van der Waals surface area contributed by atoms with Crippen LogP contribution in [0.3, 0.4) is 0 Å². The lowest BCUT2D eigenvalue weighted by molar-refractivity contribution is -0.127. The van der Waals surface area contributed by atoms with Crippen molar-refractivity contribution in [3.63, 3.8) is 0 Å². The van der Waals surface area contributed by atoms with Gasteiger partial charge in [0.2, 0.25) is 5.91 Å². The minimum absolute atomic E-state index is 0.0562. The molecule has 17 heavy (non-hydrogen) atoms. The Kier molecular flexibility index (Phi) is 4.43. The van der Waals surface area contributed by atoms with E-state index in [4.69, 9.17) is 5.73 Å². The number of amides is 1. The van der Waals surface area contributed by atoms with Gasteiger partial charge in [-0.2, -0.15) is 0 Å². The Balaban J connectivity index is 1.85. The van der Waals surface area contributed by atoms with E-state index < -0.39 is 0 Å². The minimum Gasteiger partial charge on any atom is -0.353 e. The molecule has 2 fully saturated rings. The Morgan fingerprint density at radius 3 is 2.53 bits per heavy atom. The molecule has 0 bridgehead atoms. The summed E-state index contributed by atoms with van der Waals surface area (Å²) in [5, 5.41) is 3.22. The Labute approximate surface area is 105 Å². The Hall–Kier alpha value is -0.570. The Morgan fingerprint density at radius 2 is 1.82 bits per heavy atom. The molecule has 3 nitrogen and oxygen atoms in total. The van der Waals surface area contributed by atoms with E-state index in [2.05, 4.69) is 12.2 Å². The standard InChI is InChI=1S/C14H26N2O/c1-10-7-8-13(15)12(9-10)14(17)16-11-5-3-2-4-6-11/h10-13H,2-9,15H2,1H3,(H,16,17). The van der Waals surface area contributed by atoms with Gasteiger partial charge in [-0.15, -0.1) is 0 Å². The third-order valence-electron chi connectivity index (χ3n) is 4.45. The van der Waals surface area contributed by atoms with E-state index in [1.165, 1.54) is 25.7 Å². The number of hydrogen-bond donors (Lipinski definition) is 2. The fourth-order valence-electron chi connectivity index (χ4n) is 3.26. The highest BCUT2D eigenvalue weighted by atomic mass is 16.2. The zero-order valence-electron chi connectivity index (χ0n) is 11.0. The molecule has 3 atom stereocenters. The van der Waals surface area contributed by atoms with E-state index in [9.17, 15) is 4.79 Å². The van der Waals surface area contributed by atoms with Crippen molar-refractivity contribution in [1.29, 1.82) is 0 Å². The molecule has 0 aromatic heterocycles. The second kappa shape index (κ2) is 5.85. The van der Waals surface area contributed by atoms with Crippen molar-refractivity contribution in [3.8, 4) is 0 Å². The normalized spacial score (nSPS) is 35.5. The molecule has 3 unspecified atom stereocenters. The van der Waals surface area contributed by atoms with Crippen molar-refractivity contribution >= 4 is 5.91 Å². The van der Waals surface area contributed by atoms with E-state index in [-0.39, 0.29) is 17.9 Å². The first-order valence-corrected chi connectivity index (χ1v) is 7.22. The maximum Gasteiger partial charge on any atom is 0.224 e. The SMILES string of the molecule is CC1CCC(N)C(C(=O)NC2CCCCC2)C1. The molecule has 2 saturated carbocycles. The molecule has 0 heterocycles. The molecular weight excluding hydrogens is 212 g/mol. The molecule has 0 spiro atoms. The number of nitrogens with two attached hydrogens (primary N) is 1. The van der Waals surface area contributed by atoms with E-state index >= 15 is 0 Å². The minimum atomic E-state index is 0.0562. The highest BCUT2D eigenvalue weighted by Gasteiger charge is 2.32. The molecule has 2 aliphatic rings. The predicted molar refractivity (Wildman–Crippen MR) is 69.5 cm³/mol. The molecule has 2 aliphatic carbocycles. The van der Waals surface area contributed by atoms with Gasteiger partial charge in [-0.3, -0.25) is 4.79 Å². The summed E-state index contributed by atoms with van der Waals surface area (Å²) in [4.78, 5) is 12.2. The third-order valence-corrected chi connectivity index (χ3v) is 4.45. The lowest BCUT2D eigenvalue weighted by Crippen LogP contribution is -2.48. The van der Waals surface area contributed by atoms with Crippen molar-refractivity contribution in [2.75, 3.05) is 0 Å². The second-order valence-corrected chi connectivity index (χ2v) is 6.03. The van der Waals surface area contributed by atoms with Crippen LogP contribution in [0.2, 0.25) is 0 Å². The average molecular weight is 238 g/mol. The quantitative estimate of drug-likeness (QED) is 0.775. The summed E-state index contributed by atoms with van der Waals surface area (Å²) in [6, 6.07) is 0.496. The van der Waals surface area contributed by atoms with Crippen LogP contribution in [-0.2, 0) is 4.79 Å². The zero-order valence-corrected chi connectivity index (χ0v) is 11.0. The van der Waals surface area contributed by atoms with Gasteiger partial charge in [0.15, 0.2) is 0 Å². The highest BCUT2D eigenvalue weighted by Crippen LogP contribution is 2.28. The zero-order chi connectivity index (χ0) is 12.3. The molecule has 0 aromatic rings. The van der Waals surface area contributed by atoms with Crippen LogP contribution in [0.25, 0.3) is 0 Å². The fourth-order valence-corrected chi connectivity index (χ4v) is 3.26. The number of nitrogens with one attached hydrogen (secondary N) is 1. The summed E-state index contributed by atoms with van der Waals surface area (Å²) in [6.45, 7) is 2.23. The van der Waals surface area contributed by atoms with Crippen LogP contribution in [0.5, 0.6) is 0 Å². The van der Waals surface area contributed by atoms with Gasteiger partial charge in [0.25, 0.3) is 0 Å². The van der Waals surface area contributed by atoms with Crippen molar-refractivity contribution in [3.05, 3.63) is 0 Å². The first kappa shape index (κ1) is 12.9. The molecule has 2 rings (SSSR count). The highest BCUT2D eigenvalue weighted by molar-refractivity contribution is 5.79. The summed E-state index contributed by atoms with van der Waals surface area (Å²) < 4.78 is 0. The van der Waals surface area contributed by atoms with Crippen LogP contribution < -0.4 is 11.1 Å². The summed E-state index contributed by atoms with van der Waals surface area (Å²) >= 11 is 0. The van der Waals surface area contributed by atoms with Crippen molar-refractivity contribution in [2.45, 2.75) is 70.4 Å². The molecule has 3 N–H and O–H groups in total. The van der Waals surface area contributed by atoms with Crippen molar-refractivity contribution in [1.82, 2.24) is 5.32 Å². The predicted octanol–water partition coefficient (Wildman–Crippen LogP) is 2.20. The van der Waals surface area contributed by atoms with Gasteiger partial charge >= 0.3 is 0 Å². The topological polar surface area (TPSA) is 55.1 Å². The molecule has 1 amide bonds. The van der Waals surface area contributed by atoms with Gasteiger partial charge in [0, 0.05) is 12.1 Å². The van der Waals surface area contributed by atoms with Gasteiger partial charge in [-0.1, -0.05) is 26.2 Å². The van der Waals surface area contributed by atoms with Gasteiger partial charge in [0.05, 0.1) is 5.92 Å². The lowest BCUT2D eigenvalue weighted by Gasteiger charge is -2.33. The van der Waals surface area contributed by atoms with E-state index in [1.807, 2.05) is 0 Å². The van der Waals surface area contributed by atoms with Gasteiger partial charge in [-0.25, -0.2) is 0 Å². The maximum atomic E-state index is 12.2. The Bertz CT molecular complexity index is 261. The van der Waals surface area contributed by atoms with Crippen LogP contribution >= 0.6 is 0 Å². The molecule has 0 aliphatic heterocycles.